The van der Waals surface area contributed by atoms with E-state index in [9.17, 15) is 9.18 Å². The Morgan fingerprint density at radius 1 is 1.24 bits per heavy atom. The highest BCUT2D eigenvalue weighted by Gasteiger charge is 2.36. The summed E-state index contributed by atoms with van der Waals surface area (Å²) in [6, 6.07) is 9.60. The van der Waals surface area contributed by atoms with Crippen molar-refractivity contribution in [1.82, 2.24) is 19.4 Å². The van der Waals surface area contributed by atoms with Gasteiger partial charge in [-0.3, -0.25) is 4.79 Å². The first-order valence-electron chi connectivity index (χ1n) is 9.46. The van der Waals surface area contributed by atoms with Crippen LogP contribution in [0.25, 0.3) is 11.3 Å². The van der Waals surface area contributed by atoms with E-state index in [2.05, 4.69) is 9.97 Å². The molecule has 3 heterocycles. The molecule has 5 rings (SSSR count). The Kier molecular flexibility index (Phi) is 4.28. The van der Waals surface area contributed by atoms with Crippen molar-refractivity contribution in [3.63, 3.8) is 0 Å². The van der Waals surface area contributed by atoms with Gasteiger partial charge in [-0.1, -0.05) is 17.7 Å². The lowest BCUT2D eigenvalue weighted by Gasteiger charge is -2.16. The van der Waals surface area contributed by atoms with E-state index in [1.165, 1.54) is 18.9 Å². The largest absolute Gasteiger partial charge is 0.436 e. The van der Waals surface area contributed by atoms with Crippen molar-refractivity contribution in [1.29, 1.82) is 0 Å². The van der Waals surface area contributed by atoms with Gasteiger partial charge in [0.2, 0.25) is 11.7 Å². The first-order valence-corrected chi connectivity index (χ1v) is 9.84. The van der Waals surface area contributed by atoms with Crippen LogP contribution in [0.2, 0.25) is 5.15 Å². The number of aryl methyl sites for hydroxylation is 1. The number of nitrogens with zero attached hydrogens (tertiary/aromatic N) is 4. The lowest BCUT2D eigenvalue weighted by Crippen LogP contribution is -2.27. The minimum Gasteiger partial charge on any atom is -0.436 e. The van der Waals surface area contributed by atoms with E-state index in [-0.39, 0.29) is 22.7 Å². The summed E-state index contributed by atoms with van der Waals surface area (Å²) in [5.41, 5.74) is 2.09. The van der Waals surface area contributed by atoms with Crippen LogP contribution in [0.15, 0.2) is 36.4 Å². The molecule has 2 aliphatic rings. The van der Waals surface area contributed by atoms with Crippen LogP contribution in [0.5, 0.6) is 11.6 Å². The molecule has 29 heavy (non-hydrogen) atoms. The molecule has 1 amide bonds. The molecule has 0 unspecified atom stereocenters. The standard InChI is InChI=1S/C21H18ClFN4O2/c1-12-19(27-11-26(10-13-5-6-13)21(28)20(27)24-12)14-7-8-16(15(23)9-14)29-18-4-2-3-17(22)25-18/h2-4,7-9,13H,5-6,10-11H2,1H3. The highest BCUT2D eigenvalue weighted by Crippen LogP contribution is 2.35. The van der Waals surface area contributed by atoms with Gasteiger partial charge in [-0.2, -0.15) is 0 Å². The van der Waals surface area contributed by atoms with Crippen molar-refractivity contribution in [2.24, 2.45) is 5.92 Å². The number of amides is 1. The molecule has 6 nitrogen and oxygen atoms in total. The molecule has 3 aromatic rings. The predicted molar refractivity (Wildman–Crippen MR) is 105 cm³/mol. The van der Waals surface area contributed by atoms with Gasteiger partial charge in [0.1, 0.15) is 5.15 Å². The number of aromatic nitrogens is 3. The number of imidazole rings is 1. The molecule has 0 atom stereocenters. The number of pyridine rings is 1. The summed E-state index contributed by atoms with van der Waals surface area (Å²) in [7, 11) is 0. The van der Waals surface area contributed by atoms with Gasteiger partial charge in [0, 0.05) is 18.2 Å². The topological polar surface area (TPSA) is 60.2 Å². The summed E-state index contributed by atoms with van der Waals surface area (Å²) in [6.45, 7) is 3.04. The molecular weight excluding hydrogens is 395 g/mol. The van der Waals surface area contributed by atoms with E-state index in [0.717, 1.165) is 12.2 Å². The zero-order chi connectivity index (χ0) is 20.1. The van der Waals surface area contributed by atoms with E-state index >= 15 is 0 Å². The first kappa shape index (κ1) is 18.1. The van der Waals surface area contributed by atoms with Crippen molar-refractivity contribution in [2.45, 2.75) is 26.4 Å². The number of hydrogen-bond acceptors (Lipinski definition) is 4. The third kappa shape index (κ3) is 3.35. The molecule has 0 bridgehead atoms. The van der Waals surface area contributed by atoms with E-state index in [4.69, 9.17) is 16.3 Å². The monoisotopic (exact) mass is 412 g/mol. The summed E-state index contributed by atoms with van der Waals surface area (Å²) in [5, 5.41) is 0.269. The van der Waals surface area contributed by atoms with Gasteiger partial charge in [-0.05, 0) is 49.9 Å². The molecule has 0 N–H and O–H groups in total. The van der Waals surface area contributed by atoms with Crippen LogP contribution in [0.1, 0.15) is 29.2 Å². The van der Waals surface area contributed by atoms with Crippen molar-refractivity contribution in [3.8, 4) is 22.9 Å². The molecule has 1 aromatic carbocycles. The van der Waals surface area contributed by atoms with Crippen molar-refractivity contribution >= 4 is 17.5 Å². The van der Waals surface area contributed by atoms with Gasteiger partial charge in [0.05, 0.1) is 18.1 Å². The molecule has 148 valence electrons. The number of fused-ring (bicyclic) bond motifs is 1. The zero-order valence-electron chi connectivity index (χ0n) is 15.7. The van der Waals surface area contributed by atoms with Crippen LogP contribution in [0.4, 0.5) is 4.39 Å². The van der Waals surface area contributed by atoms with E-state index < -0.39 is 5.82 Å². The normalized spacial score (nSPS) is 15.7. The third-order valence-corrected chi connectivity index (χ3v) is 5.43. The highest BCUT2D eigenvalue weighted by atomic mass is 35.5. The second-order valence-corrected chi connectivity index (χ2v) is 7.84. The lowest BCUT2D eigenvalue weighted by molar-refractivity contribution is 0.0758. The van der Waals surface area contributed by atoms with E-state index in [1.807, 2.05) is 16.4 Å². The summed E-state index contributed by atoms with van der Waals surface area (Å²) in [5.74, 6) is 0.696. The molecule has 1 fully saturated rings. The Morgan fingerprint density at radius 2 is 2.07 bits per heavy atom. The Hall–Kier alpha value is -2.93. The van der Waals surface area contributed by atoms with Gasteiger partial charge in [-0.25, -0.2) is 14.4 Å². The highest BCUT2D eigenvalue weighted by molar-refractivity contribution is 6.29. The summed E-state index contributed by atoms with van der Waals surface area (Å²) in [4.78, 5) is 22.9. The van der Waals surface area contributed by atoms with Crippen LogP contribution in [-0.2, 0) is 6.67 Å². The SMILES string of the molecule is Cc1nc2n(c1-c1ccc(Oc3cccc(Cl)n3)c(F)c1)CN(CC1CC1)C2=O. The summed E-state index contributed by atoms with van der Waals surface area (Å²) in [6.07, 6.45) is 2.35. The molecule has 0 radical (unpaired) electrons. The summed E-state index contributed by atoms with van der Waals surface area (Å²) < 4.78 is 22.1. The summed E-state index contributed by atoms with van der Waals surface area (Å²) >= 11 is 5.85. The smallest absolute Gasteiger partial charge is 0.291 e. The van der Waals surface area contributed by atoms with Gasteiger partial charge in [0.25, 0.3) is 5.91 Å². The quantitative estimate of drug-likeness (QED) is 0.572. The van der Waals surface area contributed by atoms with E-state index in [1.54, 1.807) is 30.3 Å². The lowest BCUT2D eigenvalue weighted by atomic mass is 10.1. The van der Waals surface area contributed by atoms with Crippen LogP contribution < -0.4 is 4.74 Å². The number of rotatable bonds is 5. The maximum Gasteiger partial charge on any atom is 0.291 e. The molecule has 1 aliphatic carbocycles. The molecule has 1 saturated carbocycles. The third-order valence-electron chi connectivity index (χ3n) is 5.22. The average Bonchev–Trinajstić information content (AvgIpc) is 3.38. The predicted octanol–water partition coefficient (Wildman–Crippen LogP) is 4.66. The Labute approximate surface area is 171 Å². The fourth-order valence-electron chi connectivity index (χ4n) is 3.66. The molecular formula is C21H18ClFN4O2. The van der Waals surface area contributed by atoms with Crippen molar-refractivity contribution in [2.75, 3.05) is 6.54 Å². The number of halogens is 2. The first-order chi connectivity index (χ1) is 14.0. The fourth-order valence-corrected chi connectivity index (χ4v) is 3.81. The Morgan fingerprint density at radius 3 is 2.79 bits per heavy atom. The van der Waals surface area contributed by atoms with Crippen molar-refractivity contribution < 1.29 is 13.9 Å². The minimum absolute atomic E-state index is 0.0498. The Bertz CT molecular complexity index is 1130. The van der Waals surface area contributed by atoms with Crippen LogP contribution in [0, 0.1) is 18.7 Å². The van der Waals surface area contributed by atoms with Gasteiger partial charge in [0.15, 0.2) is 11.6 Å². The molecule has 0 spiro atoms. The minimum atomic E-state index is -0.529. The molecule has 2 aromatic heterocycles. The van der Waals surface area contributed by atoms with Crippen LogP contribution >= 0.6 is 11.6 Å². The number of ether oxygens (including phenoxy) is 1. The Balaban J connectivity index is 1.44. The second kappa shape index (κ2) is 6.84. The zero-order valence-corrected chi connectivity index (χ0v) is 16.5. The number of hydrogen-bond donors (Lipinski definition) is 0. The maximum absolute atomic E-state index is 14.8. The average molecular weight is 413 g/mol. The fraction of sp³-hybridized carbons (Fsp3) is 0.286. The van der Waals surface area contributed by atoms with Gasteiger partial charge < -0.3 is 14.2 Å². The number of carbonyl (C=O) groups is 1. The number of benzene rings is 1. The van der Waals surface area contributed by atoms with Gasteiger partial charge in [-0.15, -0.1) is 0 Å². The molecule has 1 aliphatic heterocycles. The van der Waals surface area contributed by atoms with Crippen LogP contribution in [-0.4, -0.2) is 31.9 Å². The van der Waals surface area contributed by atoms with E-state index in [0.29, 0.717) is 29.7 Å². The van der Waals surface area contributed by atoms with Crippen molar-refractivity contribution in [3.05, 3.63) is 58.9 Å². The van der Waals surface area contributed by atoms with Crippen LogP contribution in [0.3, 0.4) is 0 Å². The second-order valence-electron chi connectivity index (χ2n) is 7.46. The number of carbonyl (C=O) groups excluding carboxylic acids is 1. The van der Waals surface area contributed by atoms with Gasteiger partial charge >= 0.3 is 0 Å². The maximum atomic E-state index is 14.8. The molecule has 0 saturated heterocycles. The molecule has 8 heteroatoms.